The molecule has 0 saturated carbocycles. The molecule has 32 heavy (non-hydrogen) atoms. The maximum atomic E-state index is 12.3. The molecule has 1 saturated heterocycles. The molecular formula is C24H29N5O3. The number of carbonyl (C=O) groups is 2. The molecule has 1 N–H and O–H groups in total. The number of aromatic nitrogens is 3. The molecule has 3 aromatic heterocycles. The van der Waals surface area contributed by atoms with Gasteiger partial charge in [0.15, 0.2) is 0 Å². The van der Waals surface area contributed by atoms with Crippen molar-refractivity contribution in [3.63, 3.8) is 0 Å². The van der Waals surface area contributed by atoms with Crippen LogP contribution in [0.2, 0.25) is 0 Å². The lowest BCUT2D eigenvalue weighted by Gasteiger charge is -2.44. The van der Waals surface area contributed by atoms with Crippen LogP contribution in [0.15, 0.2) is 36.7 Å². The first kappa shape index (κ1) is 21.8. The summed E-state index contributed by atoms with van der Waals surface area (Å²) in [5.41, 5.74) is 2.76. The number of hydrogen-bond acceptors (Lipinski definition) is 6. The monoisotopic (exact) mass is 435 g/mol. The van der Waals surface area contributed by atoms with Crippen LogP contribution in [0, 0.1) is 0 Å². The average Bonchev–Trinajstić information content (AvgIpc) is 3.16. The van der Waals surface area contributed by atoms with Crippen molar-refractivity contribution >= 4 is 28.7 Å². The highest BCUT2D eigenvalue weighted by atomic mass is 16.5. The molecule has 4 rings (SSSR count). The molecule has 1 aliphatic heterocycles. The van der Waals surface area contributed by atoms with Crippen LogP contribution in [-0.2, 0) is 9.53 Å². The number of nitrogens with zero attached hydrogens (tertiary/aromatic N) is 4. The SMILES string of the molecule is CC(=O)N1[C@H](C)CN(c2cccc(-c3c[nH]c4ncc(C(=O)OC(C)C)cc34)n2)C[C@@H]1C. The summed E-state index contributed by atoms with van der Waals surface area (Å²) in [5.74, 6) is 0.570. The van der Waals surface area contributed by atoms with Gasteiger partial charge in [0.2, 0.25) is 5.91 Å². The molecule has 1 aliphatic rings. The van der Waals surface area contributed by atoms with E-state index in [0.29, 0.717) is 11.2 Å². The molecule has 0 spiro atoms. The lowest BCUT2D eigenvalue weighted by molar-refractivity contribution is -0.133. The number of amides is 1. The van der Waals surface area contributed by atoms with Crippen LogP contribution >= 0.6 is 0 Å². The lowest BCUT2D eigenvalue weighted by Crippen LogP contribution is -2.58. The van der Waals surface area contributed by atoms with E-state index in [0.717, 1.165) is 35.6 Å². The number of H-pyrrole nitrogens is 1. The number of hydrogen-bond donors (Lipinski definition) is 1. The lowest BCUT2D eigenvalue weighted by atomic mass is 10.1. The zero-order valence-electron chi connectivity index (χ0n) is 19.1. The summed E-state index contributed by atoms with van der Waals surface area (Å²) in [7, 11) is 0. The third-order valence-electron chi connectivity index (χ3n) is 5.73. The fourth-order valence-corrected chi connectivity index (χ4v) is 4.49. The van der Waals surface area contributed by atoms with Crippen LogP contribution in [0.4, 0.5) is 5.82 Å². The van der Waals surface area contributed by atoms with E-state index in [1.165, 1.54) is 6.20 Å². The highest BCUT2D eigenvalue weighted by Gasteiger charge is 2.31. The summed E-state index contributed by atoms with van der Waals surface area (Å²) < 4.78 is 5.31. The van der Waals surface area contributed by atoms with Crippen molar-refractivity contribution in [1.29, 1.82) is 0 Å². The number of pyridine rings is 2. The van der Waals surface area contributed by atoms with Crippen LogP contribution in [0.5, 0.6) is 0 Å². The molecule has 0 aromatic carbocycles. The van der Waals surface area contributed by atoms with E-state index in [1.807, 2.05) is 43.1 Å². The van der Waals surface area contributed by atoms with E-state index in [2.05, 4.69) is 28.7 Å². The minimum Gasteiger partial charge on any atom is -0.459 e. The maximum absolute atomic E-state index is 12.3. The Morgan fingerprint density at radius 2 is 1.91 bits per heavy atom. The normalized spacial score (nSPS) is 18.9. The highest BCUT2D eigenvalue weighted by molar-refractivity contribution is 5.98. The van der Waals surface area contributed by atoms with E-state index >= 15 is 0 Å². The first-order chi connectivity index (χ1) is 15.2. The summed E-state index contributed by atoms with van der Waals surface area (Å²) >= 11 is 0. The molecule has 8 nitrogen and oxygen atoms in total. The maximum Gasteiger partial charge on any atom is 0.339 e. The first-order valence-corrected chi connectivity index (χ1v) is 10.9. The van der Waals surface area contributed by atoms with Gasteiger partial charge < -0.3 is 19.5 Å². The third-order valence-corrected chi connectivity index (χ3v) is 5.73. The van der Waals surface area contributed by atoms with Crippen LogP contribution in [-0.4, -0.2) is 63.0 Å². The van der Waals surface area contributed by atoms with Gasteiger partial charge in [0, 0.05) is 55.4 Å². The number of carbonyl (C=O) groups excluding carboxylic acids is 2. The minimum absolute atomic E-state index is 0.101. The summed E-state index contributed by atoms with van der Waals surface area (Å²) in [6, 6.07) is 7.92. The van der Waals surface area contributed by atoms with E-state index in [-0.39, 0.29) is 24.1 Å². The van der Waals surface area contributed by atoms with Crippen molar-refractivity contribution in [2.75, 3.05) is 18.0 Å². The molecule has 168 valence electrons. The van der Waals surface area contributed by atoms with Gasteiger partial charge in [0.25, 0.3) is 0 Å². The molecule has 1 fully saturated rings. The molecule has 0 radical (unpaired) electrons. The standard InChI is InChI=1S/C24H29N5O3/c1-14(2)32-24(31)18-9-19-20(11-26-23(19)25-10-18)21-7-6-8-22(27-21)28-12-15(3)29(17(5)30)16(4)13-28/h6-11,14-16H,12-13H2,1-5H3,(H,25,26)/t15-,16+. The number of rotatable bonds is 4. The Kier molecular flexibility index (Phi) is 5.86. The topological polar surface area (TPSA) is 91.4 Å². The zero-order valence-corrected chi connectivity index (χ0v) is 19.1. The van der Waals surface area contributed by atoms with Crippen molar-refractivity contribution in [3.8, 4) is 11.3 Å². The van der Waals surface area contributed by atoms with Crippen molar-refractivity contribution in [3.05, 3.63) is 42.2 Å². The largest absolute Gasteiger partial charge is 0.459 e. The molecule has 2 atom stereocenters. The van der Waals surface area contributed by atoms with Crippen molar-refractivity contribution in [2.24, 2.45) is 0 Å². The van der Waals surface area contributed by atoms with Gasteiger partial charge in [-0.05, 0) is 45.9 Å². The van der Waals surface area contributed by atoms with E-state index < -0.39 is 5.97 Å². The second-order valence-corrected chi connectivity index (χ2v) is 8.69. The van der Waals surface area contributed by atoms with Crippen LogP contribution in [0.1, 0.15) is 45.0 Å². The van der Waals surface area contributed by atoms with Crippen molar-refractivity contribution in [2.45, 2.75) is 52.8 Å². The van der Waals surface area contributed by atoms with Crippen LogP contribution in [0.3, 0.4) is 0 Å². The van der Waals surface area contributed by atoms with Gasteiger partial charge in [0.1, 0.15) is 11.5 Å². The molecule has 0 unspecified atom stereocenters. The predicted molar refractivity (Wildman–Crippen MR) is 124 cm³/mol. The van der Waals surface area contributed by atoms with Gasteiger partial charge >= 0.3 is 5.97 Å². The molecule has 1 amide bonds. The smallest absolute Gasteiger partial charge is 0.339 e. The number of ether oxygens (including phenoxy) is 1. The number of esters is 1. The molecule has 3 aromatic rings. The van der Waals surface area contributed by atoms with Gasteiger partial charge in [-0.2, -0.15) is 0 Å². The molecule has 4 heterocycles. The Balaban J connectivity index is 1.65. The number of anilines is 1. The molecule has 0 bridgehead atoms. The summed E-state index contributed by atoms with van der Waals surface area (Å²) in [6.45, 7) is 10.8. The minimum atomic E-state index is -0.394. The Morgan fingerprint density at radius 3 is 2.56 bits per heavy atom. The van der Waals surface area contributed by atoms with Gasteiger partial charge in [-0.3, -0.25) is 4.79 Å². The number of fused-ring (bicyclic) bond motifs is 1. The molecular weight excluding hydrogens is 406 g/mol. The molecule has 8 heteroatoms. The fourth-order valence-electron chi connectivity index (χ4n) is 4.49. The van der Waals surface area contributed by atoms with Gasteiger partial charge in [-0.1, -0.05) is 6.07 Å². The summed E-state index contributed by atoms with van der Waals surface area (Å²) in [4.78, 5) is 40.9. The number of piperazine rings is 1. The third kappa shape index (κ3) is 4.17. The van der Waals surface area contributed by atoms with Crippen LogP contribution < -0.4 is 4.90 Å². The Morgan fingerprint density at radius 1 is 1.19 bits per heavy atom. The molecule has 0 aliphatic carbocycles. The summed E-state index contributed by atoms with van der Waals surface area (Å²) in [5, 5.41) is 0.816. The Labute approximate surface area is 187 Å². The van der Waals surface area contributed by atoms with E-state index in [4.69, 9.17) is 9.72 Å². The van der Waals surface area contributed by atoms with Crippen molar-refractivity contribution in [1.82, 2.24) is 19.9 Å². The average molecular weight is 436 g/mol. The fraction of sp³-hybridized carbons (Fsp3) is 0.417. The highest BCUT2D eigenvalue weighted by Crippen LogP contribution is 2.29. The van der Waals surface area contributed by atoms with Gasteiger partial charge in [-0.25, -0.2) is 14.8 Å². The number of aromatic amines is 1. The van der Waals surface area contributed by atoms with E-state index in [9.17, 15) is 9.59 Å². The number of nitrogens with one attached hydrogen (secondary N) is 1. The van der Waals surface area contributed by atoms with Gasteiger partial charge in [0.05, 0.1) is 17.4 Å². The second kappa shape index (κ2) is 8.61. The predicted octanol–water partition coefficient (Wildman–Crippen LogP) is 3.64. The van der Waals surface area contributed by atoms with Gasteiger partial charge in [-0.15, -0.1) is 0 Å². The van der Waals surface area contributed by atoms with E-state index in [1.54, 1.807) is 13.0 Å². The van der Waals surface area contributed by atoms with Crippen molar-refractivity contribution < 1.29 is 14.3 Å². The quantitative estimate of drug-likeness (QED) is 0.629. The zero-order chi connectivity index (χ0) is 23.0. The first-order valence-electron chi connectivity index (χ1n) is 10.9. The second-order valence-electron chi connectivity index (χ2n) is 8.69. The van der Waals surface area contributed by atoms with Crippen LogP contribution in [0.25, 0.3) is 22.3 Å². The Hall–Kier alpha value is -3.42. The summed E-state index contributed by atoms with van der Waals surface area (Å²) in [6.07, 6.45) is 3.19. The Bertz CT molecular complexity index is 1140.